The molecule has 2 heterocycles. The molecule has 0 bridgehead atoms. The Morgan fingerprint density at radius 3 is 2.71 bits per heavy atom. The van der Waals surface area contributed by atoms with E-state index in [-0.39, 0.29) is 0 Å². The highest BCUT2D eigenvalue weighted by atomic mass is 15.2. The van der Waals surface area contributed by atoms with Gasteiger partial charge in [-0.3, -0.25) is 4.90 Å². The summed E-state index contributed by atoms with van der Waals surface area (Å²) in [7, 11) is 0. The lowest BCUT2D eigenvalue weighted by molar-refractivity contribution is 0.276. The summed E-state index contributed by atoms with van der Waals surface area (Å²) in [6.45, 7) is 9.57. The minimum atomic E-state index is 0.643. The second-order valence-corrected chi connectivity index (χ2v) is 4.78. The standard InChI is InChI=1S/C13H22N4/c1-4-17-7-5-6-12(17)9-14-13-15-10(2)8-11(3)16-13/h8,12H,4-7,9H2,1-3H3,(H,14,15,16). The first-order valence-electron chi connectivity index (χ1n) is 6.49. The topological polar surface area (TPSA) is 41.0 Å². The second kappa shape index (κ2) is 5.45. The molecule has 1 N–H and O–H groups in total. The summed E-state index contributed by atoms with van der Waals surface area (Å²) < 4.78 is 0. The largest absolute Gasteiger partial charge is 0.353 e. The smallest absolute Gasteiger partial charge is 0.223 e. The van der Waals surface area contributed by atoms with Crippen molar-refractivity contribution in [2.24, 2.45) is 0 Å². The van der Waals surface area contributed by atoms with E-state index in [0.717, 1.165) is 30.4 Å². The normalized spacial score (nSPS) is 20.8. The van der Waals surface area contributed by atoms with Gasteiger partial charge in [-0.05, 0) is 45.8 Å². The van der Waals surface area contributed by atoms with Crippen molar-refractivity contribution in [3.05, 3.63) is 17.5 Å². The van der Waals surface area contributed by atoms with Gasteiger partial charge in [0.15, 0.2) is 0 Å². The molecular formula is C13H22N4. The Bertz CT molecular complexity index is 357. The van der Waals surface area contributed by atoms with Gasteiger partial charge in [-0.1, -0.05) is 6.92 Å². The molecule has 0 saturated carbocycles. The lowest BCUT2D eigenvalue weighted by atomic mass is 10.2. The van der Waals surface area contributed by atoms with E-state index in [1.165, 1.54) is 19.4 Å². The molecule has 0 amide bonds. The Kier molecular flexibility index (Phi) is 3.94. The SMILES string of the molecule is CCN1CCCC1CNc1nc(C)cc(C)n1. The van der Waals surface area contributed by atoms with Crippen LogP contribution in [0.4, 0.5) is 5.95 Å². The van der Waals surface area contributed by atoms with Gasteiger partial charge < -0.3 is 5.32 Å². The van der Waals surface area contributed by atoms with Crippen LogP contribution in [0.1, 0.15) is 31.2 Å². The quantitative estimate of drug-likeness (QED) is 0.865. The molecule has 1 aliphatic rings. The monoisotopic (exact) mass is 234 g/mol. The molecule has 94 valence electrons. The van der Waals surface area contributed by atoms with Crippen LogP contribution in [-0.4, -0.2) is 40.5 Å². The van der Waals surface area contributed by atoms with E-state index in [2.05, 4.69) is 27.1 Å². The Balaban J connectivity index is 1.93. The summed E-state index contributed by atoms with van der Waals surface area (Å²) in [5, 5.41) is 3.37. The summed E-state index contributed by atoms with van der Waals surface area (Å²) in [5.74, 6) is 0.769. The molecule has 0 aromatic carbocycles. The summed E-state index contributed by atoms with van der Waals surface area (Å²) in [6.07, 6.45) is 2.60. The van der Waals surface area contributed by atoms with E-state index < -0.39 is 0 Å². The predicted octanol–water partition coefficient (Wildman–Crippen LogP) is 1.99. The first-order chi connectivity index (χ1) is 8.19. The third kappa shape index (κ3) is 3.16. The maximum absolute atomic E-state index is 4.41. The highest BCUT2D eigenvalue weighted by Crippen LogP contribution is 2.16. The number of nitrogens with one attached hydrogen (secondary N) is 1. The molecule has 1 aliphatic heterocycles. The minimum absolute atomic E-state index is 0.643. The van der Waals surface area contributed by atoms with Gasteiger partial charge in [-0.25, -0.2) is 9.97 Å². The summed E-state index contributed by atoms with van der Waals surface area (Å²) in [5.41, 5.74) is 2.05. The molecule has 1 aromatic heterocycles. The fraction of sp³-hybridized carbons (Fsp3) is 0.692. The van der Waals surface area contributed by atoms with E-state index in [1.807, 2.05) is 19.9 Å². The van der Waals surface area contributed by atoms with Gasteiger partial charge >= 0.3 is 0 Å². The van der Waals surface area contributed by atoms with Gasteiger partial charge in [-0.2, -0.15) is 0 Å². The molecule has 4 nitrogen and oxygen atoms in total. The van der Waals surface area contributed by atoms with Crippen LogP contribution >= 0.6 is 0 Å². The second-order valence-electron chi connectivity index (χ2n) is 4.78. The van der Waals surface area contributed by atoms with E-state index >= 15 is 0 Å². The van der Waals surface area contributed by atoms with Crippen LogP contribution in [0.15, 0.2) is 6.07 Å². The average Bonchev–Trinajstić information content (AvgIpc) is 2.72. The average molecular weight is 234 g/mol. The zero-order valence-electron chi connectivity index (χ0n) is 11.0. The first kappa shape index (κ1) is 12.3. The van der Waals surface area contributed by atoms with Gasteiger partial charge in [0.25, 0.3) is 0 Å². The van der Waals surface area contributed by atoms with Crippen molar-refractivity contribution in [2.75, 3.05) is 25.0 Å². The maximum Gasteiger partial charge on any atom is 0.223 e. The summed E-state index contributed by atoms with van der Waals surface area (Å²) in [6, 6.07) is 2.64. The zero-order chi connectivity index (χ0) is 12.3. The number of hydrogen-bond donors (Lipinski definition) is 1. The van der Waals surface area contributed by atoms with Crippen LogP contribution < -0.4 is 5.32 Å². The first-order valence-corrected chi connectivity index (χ1v) is 6.49. The van der Waals surface area contributed by atoms with E-state index in [0.29, 0.717) is 6.04 Å². The van der Waals surface area contributed by atoms with Gasteiger partial charge in [0.05, 0.1) is 0 Å². The molecule has 4 heteroatoms. The van der Waals surface area contributed by atoms with Crippen molar-refractivity contribution >= 4 is 5.95 Å². The highest BCUT2D eigenvalue weighted by molar-refractivity contribution is 5.27. The molecule has 1 saturated heterocycles. The van der Waals surface area contributed by atoms with E-state index in [9.17, 15) is 0 Å². The molecule has 17 heavy (non-hydrogen) atoms. The number of anilines is 1. The van der Waals surface area contributed by atoms with Crippen molar-refractivity contribution < 1.29 is 0 Å². The van der Waals surface area contributed by atoms with Gasteiger partial charge in [0.1, 0.15) is 0 Å². The molecule has 1 aromatic rings. The molecule has 1 atom stereocenters. The Labute approximate surface area is 103 Å². The molecule has 0 radical (unpaired) electrons. The van der Waals surface area contributed by atoms with Crippen LogP contribution in [0.5, 0.6) is 0 Å². The molecule has 2 rings (SSSR count). The number of rotatable bonds is 4. The lowest BCUT2D eigenvalue weighted by Gasteiger charge is -2.22. The van der Waals surface area contributed by atoms with Crippen molar-refractivity contribution in [2.45, 2.75) is 39.7 Å². The molecule has 1 unspecified atom stereocenters. The van der Waals surface area contributed by atoms with Crippen molar-refractivity contribution in [1.29, 1.82) is 0 Å². The van der Waals surface area contributed by atoms with Crippen LogP contribution in [-0.2, 0) is 0 Å². The minimum Gasteiger partial charge on any atom is -0.353 e. The maximum atomic E-state index is 4.41. The number of nitrogens with zero attached hydrogens (tertiary/aromatic N) is 3. The van der Waals surface area contributed by atoms with Crippen molar-refractivity contribution in [1.82, 2.24) is 14.9 Å². The van der Waals surface area contributed by atoms with E-state index in [4.69, 9.17) is 0 Å². The lowest BCUT2D eigenvalue weighted by Crippen LogP contribution is -2.35. The number of likely N-dealkylation sites (N-methyl/N-ethyl adjacent to an activating group) is 1. The Morgan fingerprint density at radius 2 is 2.06 bits per heavy atom. The number of aromatic nitrogens is 2. The number of aryl methyl sites for hydroxylation is 2. The third-order valence-electron chi connectivity index (χ3n) is 3.38. The van der Waals surface area contributed by atoms with Crippen LogP contribution in [0.3, 0.4) is 0 Å². The zero-order valence-corrected chi connectivity index (χ0v) is 11.0. The summed E-state index contributed by atoms with van der Waals surface area (Å²) in [4.78, 5) is 11.3. The predicted molar refractivity (Wildman–Crippen MR) is 70.3 cm³/mol. The van der Waals surface area contributed by atoms with Crippen LogP contribution in [0, 0.1) is 13.8 Å². The fourth-order valence-corrected chi connectivity index (χ4v) is 2.56. The molecular weight excluding hydrogens is 212 g/mol. The fourth-order valence-electron chi connectivity index (χ4n) is 2.56. The molecule has 0 spiro atoms. The summed E-state index contributed by atoms with van der Waals surface area (Å²) >= 11 is 0. The van der Waals surface area contributed by atoms with Gasteiger partial charge in [-0.15, -0.1) is 0 Å². The van der Waals surface area contributed by atoms with Crippen molar-refractivity contribution in [3.8, 4) is 0 Å². The molecule has 1 fully saturated rings. The van der Waals surface area contributed by atoms with Crippen molar-refractivity contribution in [3.63, 3.8) is 0 Å². The third-order valence-corrected chi connectivity index (χ3v) is 3.38. The van der Waals surface area contributed by atoms with Gasteiger partial charge in [0, 0.05) is 24.0 Å². The highest BCUT2D eigenvalue weighted by Gasteiger charge is 2.22. The van der Waals surface area contributed by atoms with Gasteiger partial charge in [0.2, 0.25) is 5.95 Å². The van der Waals surface area contributed by atoms with Crippen LogP contribution in [0.25, 0.3) is 0 Å². The number of hydrogen-bond acceptors (Lipinski definition) is 4. The Morgan fingerprint density at radius 1 is 1.35 bits per heavy atom. The number of likely N-dealkylation sites (tertiary alicyclic amines) is 1. The Hall–Kier alpha value is -1.16. The van der Waals surface area contributed by atoms with E-state index in [1.54, 1.807) is 0 Å². The molecule has 0 aliphatic carbocycles. The van der Waals surface area contributed by atoms with Crippen LogP contribution in [0.2, 0.25) is 0 Å².